The Hall–Kier alpha value is -5.67. The van der Waals surface area contributed by atoms with Crippen LogP contribution in [-0.4, -0.2) is 84.0 Å². The zero-order valence-electron chi connectivity index (χ0n) is 28.6. The molecule has 0 aromatic heterocycles. The van der Waals surface area contributed by atoms with Gasteiger partial charge >= 0.3 is 11.9 Å². The van der Waals surface area contributed by atoms with Crippen LogP contribution in [0.25, 0.3) is 0 Å². The number of ether oxygens (including phenoxy) is 4. The molecule has 16 heteroatoms. The lowest BCUT2D eigenvalue weighted by molar-refractivity contribution is -0.146. The van der Waals surface area contributed by atoms with E-state index in [9.17, 15) is 34.2 Å². The average Bonchev–Trinajstić information content (AvgIpc) is 3.15. The molecule has 4 aromatic carbocycles. The Bertz CT molecular complexity index is 2010. The molecule has 0 heterocycles. The molecule has 2 atom stereocenters. The number of aromatic hydroxyl groups is 2. The van der Waals surface area contributed by atoms with Gasteiger partial charge in [0.1, 0.15) is 67.4 Å². The molecule has 0 aliphatic heterocycles. The molecule has 1 aliphatic rings. The number of alkyl halides is 1. The van der Waals surface area contributed by atoms with Crippen LogP contribution in [0.5, 0.6) is 23.0 Å². The summed E-state index contributed by atoms with van der Waals surface area (Å²) in [5.41, 5.74) is 13.4. The van der Waals surface area contributed by atoms with Gasteiger partial charge in [0.05, 0.1) is 11.1 Å². The molecule has 1 aliphatic carbocycles. The Morgan fingerprint density at radius 1 is 0.667 bits per heavy atom. The van der Waals surface area contributed by atoms with Gasteiger partial charge in [-0.3, -0.25) is 24.0 Å². The maximum absolute atomic E-state index is 14.1. The molecule has 5 rings (SSSR count). The van der Waals surface area contributed by atoms with Crippen molar-refractivity contribution in [2.24, 2.45) is 11.5 Å². The fraction of sp³-hybridized carbons (Fsp3) is 0.237. The second-order valence-electron chi connectivity index (χ2n) is 11.9. The number of phenols is 2. The Labute approximate surface area is 320 Å². The number of amides is 1. The number of nitrogens with one attached hydrogen (secondary N) is 1. The Morgan fingerprint density at radius 2 is 1.17 bits per heavy atom. The number of hydrogen-bond acceptors (Lipinski definition) is 13. The molecule has 0 radical (unpaired) electrons. The van der Waals surface area contributed by atoms with Crippen LogP contribution in [0.4, 0.5) is 5.69 Å². The van der Waals surface area contributed by atoms with Gasteiger partial charge < -0.3 is 45.9 Å². The van der Waals surface area contributed by atoms with E-state index in [0.29, 0.717) is 5.56 Å². The van der Waals surface area contributed by atoms with Crippen LogP contribution in [0, 0.1) is 0 Å². The van der Waals surface area contributed by atoms with Crippen LogP contribution >= 0.6 is 24.0 Å². The summed E-state index contributed by atoms with van der Waals surface area (Å²) in [4.78, 5) is 65.0. The highest BCUT2D eigenvalue weighted by Gasteiger charge is 2.36. The standard InChI is InChI=1S/C38H36ClN3O11.ClH/c39-20-32(45)42-23-18-27-34(31(19-23)51-13-15-53-38(49)29(41)17-22-6-10-25(44)11-7-22)36(47)33-26(35(27)46)2-1-3-30(33)50-12-14-52-37(48)28(40)16-21-4-8-24(43)9-5-21;/h1-11,18-19,28-29,43-44H,12-17,20,40-41H2,(H,42,45);1H/t28-,29-;/m0./s1. The molecule has 4 aromatic rings. The van der Waals surface area contributed by atoms with E-state index in [1.54, 1.807) is 24.3 Å². The van der Waals surface area contributed by atoms with Crippen LogP contribution < -0.4 is 26.3 Å². The fourth-order valence-corrected chi connectivity index (χ4v) is 5.56. The average molecular weight is 783 g/mol. The quantitative estimate of drug-likeness (QED) is 0.0550. The molecule has 54 heavy (non-hydrogen) atoms. The molecular formula is C38H37Cl2N3O11. The third-order valence-corrected chi connectivity index (χ3v) is 8.28. The number of phenolic OH excluding ortho intramolecular Hbond substituents is 2. The lowest BCUT2D eigenvalue weighted by Crippen LogP contribution is -2.35. The predicted octanol–water partition coefficient (Wildman–Crippen LogP) is 3.46. The number of carbonyl (C=O) groups excluding carboxylic acids is 5. The van der Waals surface area contributed by atoms with Gasteiger partial charge in [0.2, 0.25) is 11.7 Å². The maximum Gasteiger partial charge on any atom is 0.323 e. The zero-order chi connectivity index (χ0) is 38.1. The van der Waals surface area contributed by atoms with Gasteiger partial charge in [0.25, 0.3) is 0 Å². The first-order chi connectivity index (χ1) is 25.4. The second-order valence-corrected chi connectivity index (χ2v) is 12.2. The summed E-state index contributed by atoms with van der Waals surface area (Å²) in [7, 11) is 0. The van der Waals surface area contributed by atoms with Crippen molar-refractivity contribution in [3.63, 3.8) is 0 Å². The summed E-state index contributed by atoms with van der Waals surface area (Å²) in [6, 6.07) is 17.7. The predicted molar refractivity (Wildman–Crippen MR) is 199 cm³/mol. The van der Waals surface area contributed by atoms with Crippen molar-refractivity contribution in [2.45, 2.75) is 24.9 Å². The number of nitrogens with two attached hydrogens (primary N) is 2. The molecule has 0 saturated heterocycles. The zero-order valence-corrected chi connectivity index (χ0v) is 30.2. The molecule has 284 valence electrons. The Kier molecular flexibility index (Phi) is 14.4. The number of rotatable bonds is 16. The molecule has 7 N–H and O–H groups in total. The number of benzene rings is 4. The lowest BCUT2D eigenvalue weighted by Gasteiger charge is -2.23. The van der Waals surface area contributed by atoms with Crippen molar-refractivity contribution in [2.75, 3.05) is 37.6 Å². The van der Waals surface area contributed by atoms with Gasteiger partial charge in [-0.05, 0) is 60.4 Å². The fourth-order valence-electron chi connectivity index (χ4n) is 5.49. The van der Waals surface area contributed by atoms with E-state index in [-0.39, 0.29) is 108 Å². The summed E-state index contributed by atoms with van der Waals surface area (Å²) in [6.45, 7) is -0.890. The number of carbonyl (C=O) groups is 5. The monoisotopic (exact) mass is 781 g/mol. The summed E-state index contributed by atoms with van der Waals surface area (Å²) < 4.78 is 22.2. The van der Waals surface area contributed by atoms with E-state index in [2.05, 4.69) is 5.32 Å². The van der Waals surface area contributed by atoms with Crippen molar-refractivity contribution in [1.29, 1.82) is 0 Å². The first kappa shape index (κ1) is 41.1. The number of esters is 2. The van der Waals surface area contributed by atoms with E-state index in [4.69, 9.17) is 42.0 Å². The highest BCUT2D eigenvalue weighted by atomic mass is 35.5. The minimum Gasteiger partial charge on any atom is -0.508 e. The van der Waals surface area contributed by atoms with E-state index in [1.165, 1.54) is 54.6 Å². The number of ketones is 2. The summed E-state index contributed by atoms with van der Waals surface area (Å²) in [5, 5.41) is 21.5. The molecule has 0 fully saturated rings. The maximum atomic E-state index is 14.1. The molecular weight excluding hydrogens is 745 g/mol. The lowest BCUT2D eigenvalue weighted by atomic mass is 9.82. The van der Waals surface area contributed by atoms with Gasteiger partial charge in [-0.2, -0.15) is 0 Å². The van der Waals surface area contributed by atoms with E-state index in [1.807, 2.05) is 0 Å². The van der Waals surface area contributed by atoms with Crippen LogP contribution in [-0.2, 0) is 36.7 Å². The Morgan fingerprint density at radius 3 is 1.69 bits per heavy atom. The third kappa shape index (κ3) is 10.3. The van der Waals surface area contributed by atoms with Gasteiger partial charge in [0, 0.05) is 22.9 Å². The smallest absolute Gasteiger partial charge is 0.323 e. The largest absolute Gasteiger partial charge is 0.508 e. The van der Waals surface area contributed by atoms with E-state index < -0.39 is 41.5 Å². The van der Waals surface area contributed by atoms with Crippen molar-refractivity contribution in [3.05, 3.63) is 112 Å². The number of halogens is 2. The normalized spacial score (nSPS) is 12.6. The highest BCUT2D eigenvalue weighted by Crippen LogP contribution is 2.39. The summed E-state index contributed by atoms with van der Waals surface area (Å²) >= 11 is 5.67. The van der Waals surface area contributed by atoms with Crippen molar-refractivity contribution >= 4 is 59.1 Å². The molecule has 0 unspecified atom stereocenters. The van der Waals surface area contributed by atoms with Gasteiger partial charge in [0.15, 0.2) is 5.78 Å². The van der Waals surface area contributed by atoms with Crippen molar-refractivity contribution < 1.29 is 53.1 Å². The summed E-state index contributed by atoms with van der Waals surface area (Å²) in [6.07, 6.45) is 0.341. The van der Waals surface area contributed by atoms with Crippen molar-refractivity contribution in [1.82, 2.24) is 0 Å². The number of hydrogen-bond donors (Lipinski definition) is 5. The SMILES string of the molecule is Cl.N[C@@H](Cc1ccc(O)cc1)C(=O)OCCOc1cccc2c1C(=O)c1c(OCCOC(=O)[C@@H](N)Cc3ccc(O)cc3)cc(NC(=O)CCl)cc1C2=O. The Balaban J connectivity index is 0.00000650. The van der Waals surface area contributed by atoms with Crippen LogP contribution in [0.15, 0.2) is 78.9 Å². The van der Waals surface area contributed by atoms with Gasteiger partial charge in [-0.25, -0.2) is 0 Å². The molecule has 1 amide bonds. The molecule has 0 spiro atoms. The minimum atomic E-state index is -0.999. The van der Waals surface area contributed by atoms with Crippen LogP contribution in [0.2, 0.25) is 0 Å². The first-order valence-electron chi connectivity index (χ1n) is 16.4. The third-order valence-electron chi connectivity index (χ3n) is 8.04. The molecule has 0 saturated carbocycles. The minimum absolute atomic E-state index is 0. The van der Waals surface area contributed by atoms with Crippen molar-refractivity contribution in [3.8, 4) is 23.0 Å². The van der Waals surface area contributed by atoms with E-state index in [0.717, 1.165) is 5.56 Å². The summed E-state index contributed by atoms with van der Waals surface area (Å²) in [5.74, 6) is -3.36. The molecule has 0 bridgehead atoms. The van der Waals surface area contributed by atoms with Gasteiger partial charge in [-0.15, -0.1) is 24.0 Å². The van der Waals surface area contributed by atoms with E-state index >= 15 is 0 Å². The first-order valence-corrected chi connectivity index (χ1v) is 16.9. The van der Waals surface area contributed by atoms with Gasteiger partial charge in [-0.1, -0.05) is 36.4 Å². The highest BCUT2D eigenvalue weighted by molar-refractivity contribution is 6.31. The number of fused-ring (bicyclic) bond motifs is 2. The second kappa shape index (κ2) is 18.9. The van der Waals surface area contributed by atoms with Crippen LogP contribution in [0.3, 0.4) is 0 Å². The topological polar surface area (TPSA) is 227 Å². The van der Waals surface area contributed by atoms with Crippen LogP contribution in [0.1, 0.15) is 43.0 Å². The molecule has 14 nitrogen and oxygen atoms in total. The number of anilines is 1.